The van der Waals surface area contributed by atoms with Gasteiger partial charge in [0.2, 0.25) is 0 Å². The molecule has 2 nitrogen and oxygen atoms in total. The number of aliphatic hydroxyl groups excluding tert-OH is 1. The van der Waals surface area contributed by atoms with Crippen LogP contribution >= 0.6 is 40.1 Å². The molecule has 1 N–H and O–H groups in total. The summed E-state index contributed by atoms with van der Waals surface area (Å²) in [5.41, 5.74) is 1.04. The summed E-state index contributed by atoms with van der Waals surface area (Å²) in [6.45, 7) is 7.26. The number of unbranched alkanes of at least 4 members (excludes halogenated alkanes) is 2. The zero-order chi connectivity index (χ0) is 20.8. The van der Waals surface area contributed by atoms with Crippen LogP contribution in [0.1, 0.15) is 51.2 Å². The standard InChI is InChI=1S/C25H32BrNOS.ClH/c1-4-6-12-27(13-7-5-2)17-25(28)24-15-18-14-19(26)8-10-21(18)23-16-20(29-3)9-11-22(23)24;/h8-11,14-16,25,28H,4-7,12-13,17H2,1-3H3;1H. The van der Waals surface area contributed by atoms with Crippen molar-refractivity contribution >= 4 is 61.6 Å². The monoisotopic (exact) mass is 509 g/mol. The SMILES string of the molecule is CCCCN(CCCC)CC(O)c1cc2cc(Br)ccc2c2cc(SC)ccc12.Cl. The maximum absolute atomic E-state index is 11.3. The molecule has 0 aliphatic carbocycles. The molecule has 30 heavy (non-hydrogen) atoms. The minimum absolute atomic E-state index is 0. The largest absolute Gasteiger partial charge is 0.387 e. The molecular formula is C25H33BrClNOS. The maximum Gasteiger partial charge on any atom is 0.0923 e. The lowest BCUT2D eigenvalue weighted by Gasteiger charge is -2.26. The van der Waals surface area contributed by atoms with Gasteiger partial charge in [-0.1, -0.05) is 54.8 Å². The molecule has 0 radical (unpaired) electrons. The Hall–Kier alpha value is -0.780. The molecule has 0 aliphatic rings. The van der Waals surface area contributed by atoms with Crippen molar-refractivity contribution in [1.29, 1.82) is 0 Å². The Morgan fingerprint density at radius 2 is 1.60 bits per heavy atom. The van der Waals surface area contributed by atoms with Gasteiger partial charge < -0.3 is 10.0 Å². The summed E-state index contributed by atoms with van der Waals surface area (Å²) < 4.78 is 1.07. The fourth-order valence-electron chi connectivity index (χ4n) is 3.94. The highest BCUT2D eigenvalue weighted by Crippen LogP contribution is 2.35. The Labute approximate surface area is 200 Å². The predicted octanol–water partition coefficient (Wildman–Crippen LogP) is 7.83. The van der Waals surface area contributed by atoms with Crippen LogP contribution in [0.25, 0.3) is 21.5 Å². The second-order valence-electron chi connectivity index (χ2n) is 7.77. The molecule has 0 bridgehead atoms. The van der Waals surface area contributed by atoms with Crippen molar-refractivity contribution < 1.29 is 5.11 Å². The third kappa shape index (κ3) is 6.14. The minimum atomic E-state index is -0.491. The van der Waals surface area contributed by atoms with E-state index in [4.69, 9.17) is 0 Å². The fourth-order valence-corrected chi connectivity index (χ4v) is 4.76. The summed E-state index contributed by atoms with van der Waals surface area (Å²) in [4.78, 5) is 3.69. The number of hydrogen-bond donors (Lipinski definition) is 1. The zero-order valence-corrected chi connectivity index (χ0v) is 21.4. The molecule has 0 fully saturated rings. The molecule has 3 aromatic rings. The molecule has 0 aromatic heterocycles. The van der Waals surface area contributed by atoms with Gasteiger partial charge in [0.1, 0.15) is 0 Å². The number of fused-ring (bicyclic) bond motifs is 3. The van der Waals surface area contributed by atoms with E-state index in [9.17, 15) is 5.11 Å². The molecule has 0 saturated heterocycles. The van der Waals surface area contributed by atoms with Crippen LogP contribution in [0, 0.1) is 0 Å². The van der Waals surface area contributed by atoms with Gasteiger partial charge in [-0.05, 0) is 89.6 Å². The second kappa shape index (κ2) is 12.3. The molecule has 3 aromatic carbocycles. The van der Waals surface area contributed by atoms with Crippen LogP contribution in [-0.2, 0) is 0 Å². The van der Waals surface area contributed by atoms with Crippen LogP contribution in [0.3, 0.4) is 0 Å². The van der Waals surface area contributed by atoms with Gasteiger partial charge in [0.05, 0.1) is 6.10 Å². The average molecular weight is 511 g/mol. The van der Waals surface area contributed by atoms with Crippen molar-refractivity contribution in [2.45, 2.75) is 50.5 Å². The smallest absolute Gasteiger partial charge is 0.0923 e. The van der Waals surface area contributed by atoms with Crippen LogP contribution in [0.2, 0.25) is 0 Å². The minimum Gasteiger partial charge on any atom is -0.387 e. The molecule has 3 rings (SSSR count). The number of benzene rings is 3. The number of nitrogens with zero attached hydrogens (tertiary/aromatic N) is 1. The van der Waals surface area contributed by atoms with Gasteiger partial charge in [-0.3, -0.25) is 0 Å². The molecule has 0 amide bonds. The summed E-state index contributed by atoms with van der Waals surface area (Å²) in [5.74, 6) is 0. The molecule has 5 heteroatoms. The highest BCUT2D eigenvalue weighted by Gasteiger charge is 2.18. The normalized spacial score (nSPS) is 12.5. The van der Waals surface area contributed by atoms with E-state index >= 15 is 0 Å². The van der Waals surface area contributed by atoms with Crippen LogP contribution in [0.4, 0.5) is 0 Å². The maximum atomic E-state index is 11.3. The van der Waals surface area contributed by atoms with Crippen LogP contribution < -0.4 is 0 Å². The molecule has 0 heterocycles. The van der Waals surface area contributed by atoms with Gasteiger partial charge in [0, 0.05) is 15.9 Å². The Morgan fingerprint density at radius 3 is 2.23 bits per heavy atom. The highest BCUT2D eigenvalue weighted by molar-refractivity contribution is 9.10. The van der Waals surface area contributed by atoms with Crippen molar-refractivity contribution in [1.82, 2.24) is 4.90 Å². The lowest BCUT2D eigenvalue weighted by atomic mass is 9.94. The second-order valence-corrected chi connectivity index (χ2v) is 9.56. The number of rotatable bonds is 10. The zero-order valence-electron chi connectivity index (χ0n) is 18.2. The summed E-state index contributed by atoms with van der Waals surface area (Å²) in [6.07, 6.45) is 6.34. The van der Waals surface area contributed by atoms with E-state index in [-0.39, 0.29) is 12.4 Å². The van der Waals surface area contributed by atoms with Gasteiger partial charge in [-0.25, -0.2) is 0 Å². The van der Waals surface area contributed by atoms with E-state index < -0.39 is 6.10 Å². The van der Waals surface area contributed by atoms with E-state index in [0.717, 1.165) is 28.5 Å². The molecule has 164 valence electrons. The van der Waals surface area contributed by atoms with Crippen molar-refractivity contribution in [3.8, 4) is 0 Å². The first-order chi connectivity index (χ1) is 14.1. The Bertz CT molecular complexity index is 957. The lowest BCUT2D eigenvalue weighted by molar-refractivity contribution is 0.112. The van der Waals surface area contributed by atoms with E-state index in [2.05, 4.69) is 83.4 Å². The quantitative estimate of drug-likeness (QED) is 0.222. The van der Waals surface area contributed by atoms with Gasteiger partial charge in [-0.2, -0.15) is 0 Å². The summed E-state index contributed by atoms with van der Waals surface area (Å²) in [5, 5.41) is 16.1. The van der Waals surface area contributed by atoms with E-state index in [0.29, 0.717) is 6.54 Å². The summed E-state index contributed by atoms with van der Waals surface area (Å²) in [7, 11) is 0. The molecular weight excluding hydrogens is 478 g/mol. The first-order valence-electron chi connectivity index (χ1n) is 10.7. The topological polar surface area (TPSA) is 23.5 Å². The molecule has 1 atom stereocenters. The fraction of sp³-hybridized carbons (Fsp3) is 0.440. The first-order valence-corrected chi connectivity index (χ1v) is 12.7. The van der Waals surface area contributed by atoms with Crippen molar-refractivity contribution in [3.63, 3.8) is 0 Å². The van der Waals surface area contributed by atoms with Crippen molar-refractivity contribution in [2.24, 2.45) is 0 Å². The molecule has 0 aliphatic heterocycles. The number of hydrogen-bond acceptors (Lipinski definition) is 3. The van der Waals surface area contributed by atoms with Crippen molar-refractivity contribution in [2.75, 3.05) is 25.9 Å². The number of aliphatic hydroxyl groups is 1. The Kier molecular flexibility index (Phi) is 10.5. The third-order valence-corrected chi connectivity index (χ3v) is 6.82. The molecule has 0 saturated carbocycles. The predicted molar refractivity (Wildman–Crippen MR) is 139 cm³/mol. The summed E-state index contributed by atoms with van der Waals surface area (Å²) in [6, 6.07) is 15.2. The van der Waals surface area contributed by atoms with Gasteiger partial charge >= 0.3 is 0 Å². The van der Waals surface area contributed by atoms with E-state index in [1.807, 2.05) is 0 Å². The number of halogens is 2. The average Bonchev–Trinajstić information content (AvgIpc) is 2.74. The molecule has 1 unspecified atom stereocenters. The van der Waals surface area contributed by atoms with Crippen LogP contribution in [-0.4, -0.2) is 35.9 Å². The Morgan fingerprint density at radius 1 is 0.933 bits per heavy atom. The van der Waals surface area contributed by atoms with Gasteiger partial charge in [0.25, 0.3) is 0 Å². The molecule has 0 spiro atoms. The van der Waals surface area contributed by atoms with E-state index in [1.54, 1.807) is 11.8 Å². The third-order valence-electron chi connectivity index (χ3n) is 5.60. The lowest BCUT2D eigenvalue weighted by Crippen LogP contribution is -2.30. The van der Waals surface area contributed by atoms with Crippen LogP contribution in [0.5, 0.6) is 0 Å². The van der Waals surface area contributed by atoms with E-state index in [1.165, 1.54) is 46.7 Å². The van der Waals surface area contributed by atoms with Crippen LogP contribution in [0.15, 0.2) is 51.8 Å². The van der Waals surface area contributed by atoms with Gasteiger partial charge in [-0.15, -0.1) is 24.2 Å². The number of thioether (sulfide) groups is 1. The highest BCUT2D eigenvalue weighted by atomic mass is 79.9. The summed E-state index contributed by atoms with van der Waals surface area (Å²) >= 11 is 5.37. The first kappa shape index (κ1) is 25.5. The Balaban J connectivity index is 0.00000320. The van der Waals surface area contributed by atoms with Crippen molar-refractivity contribution in [3.05, 3.63) is 52.5 Å². The van der Waals surface area contributed by atoms with Gasteiger partial charge in [0.15, 0.2) is 0 Å².